The van der Waals surface area contributed by atoms with Crippen LogP contribution in [0.25, 0.3) is 0 Å². The fraction of sp³-hybridized carbons (Fsp3) is 0.478. The molecule has 0 aliphatic carbocycles. The Balaban J connectivity index is 1.23. The van der Waals surface area contributed by atoms with Gasteiger partial charge in [0.2, 0.25) is 0 Å². The predicted molar refractivity (Wildman–Crippen MR) is 131 cm³/mol. The van der Waals surface area contributed by atoms with Crippen LogP contribution in [0.5, 0.6) is 0 Å². The van der Waals surface area contributed by atoms with Crippen molar-refractivity contribution in [3.63, 3.8) is 0 Å². The number of hydrogen-bond donors (Lipinski definition) is 1. The summed E-state index contributed by atoms with van der Waals surface area (Å²) in [5.41, 5.74) is 1.02. The number of nitrogens with zero attached hydrogens (tertiary/aromatic N) is 3. The van der Waals surface area contributed by atoms with Crippen LogP contribution in [0.4, 0.5) is 10.5 Å². The molecule has 2 fully saturated rings. The average molecular weight is 495 g/mol. The maximum Gasteiger partial charge on any atom is 0.317 e. The molecular formula is C23H28Cl2N4O2S. The van der Waals surface area contributed by atoms with E-state index in [1.54, 1.807) is 6.07 Å². The van der Waals surface area contributed by atoms with Crippen molar-refractivity contribution < 1.29 is 9.59 Å². The number of carbonyl (C=O) groups excluding carboxylic acids is 2. The number of hydrogen-bond acceptors (Lipinski definition) is 4. The first-order valence-corrected chi connectivity index (χ1v) is 12.6. The van der Waals surface area contributed by atoms with E-state index in [1.807, 2.05) is 46.5 Å². The molecule has 0 spiro atoms. The standard InChI is InChI=1S/C23H28Cl2N4O2S/c1-27(19-6-10-29(11-7-19)22(30)21-3-2-12-32-21)23(31)26-18-4-8-28(9-5-18)20-14-16(24)13-17(25)15-20/h2-3,12-15,18-19H,4-11H2,1H3,(H,26,31). The second-order valence-corrected chi connectivity index (χ2v) is 10.3. The smallest absolute Gasteiger partial charge is 0.317 e. The zero-order chi connectivity index (χ0) is 22.7. The lowest BCUT2D eigenvalue weighted by Gasteiger charge is -2.38. The number of thiophene rings is 1. The minimum Gasteiger partial charge on any atom is -0.371 e. The average Bonchev–Trinajstić information content (AvgIpc) is 3.33. The molecule has 0 atom stereocenters. The van der Waals surface area contributed by atoms with Crippen molar-refractivity contribution in [2.24, 2.45) is 0 Å². The number of likely N-dealkylation sites (tertiary alicyclic amines) is 1. The number of piperidine rings is 2. The molecule has 1 aromatic heterocycles. The zero-order valence-electron chi connectivity index (χ0n) is 18.1. The van der Waals surface area contributed by atoms with Gasteiger partial charge < -0.3 is 20.0 Å². The summed E-state index contributed by atoms with van der Waals surface area (Å²) in [6.45, 7) is 3.04. The normalized spacial score (nSPS) is 18.0. The highest BCUT2D eigenvalue weighted by molar-refractivity contribution is 7.12. The van der Waals surface area contributed by atoms with Gasteiger partial charge >= 0.3 is 6.03 Å². The molecule has 2 aromatic rings. The fourth-order valence-corrected chi connectivity index (χ4v) is 5.66. The number of amides is 3. The summed E-state index contributed by atoms with van der Waals surface area (Å²) < 4.78 is 0. The van der Waals surface area contributed by atoms with Crippen LogP contribution >= 0.6 is 34.5 Å². The van der Waals surface area contributed by atoms with E-state index >= 15 is 0 Å². The number of rotatable bonds is 4. The molecule has 3 heterocycles. The van der Waals surface area contributed by atoms with Crippen LogP contribution in [0.1, 0.15) is 35.4 Å². The van der Waals surface area contributed by atoms with Crippen molar-refractivity contribution in [3.05, 3.63) is 50.6 Å². The number of halogens is 2. The third-order valence-corrected chi connectivity index (χ3v) is 7.68. The Bertz CT molecular complexity index is 919. The van der Waals surface area contributed by atoms with Crippen LogP contribution in [-0.4, -0.2) is 67.0 Å². The Morgan fingerprint density at radius 3 is 2.28 bits per heavy atom. The van der Waals surface area contributed by atoms with Gasteiger partial charge in [-0.2, -0.15) is 0 Å². The molecule has 3 amide bonds. The van der Waals surface area contributed by atoms with Gasteiger partial charge in [0.05, 0.1) is 4.88 Å². The maximum atomic E-state index is 12.8. The van der Waals surface area contributed by atoms with Crippen molar-refractivity contribution in [3.8, 4) is 0 Å². The molecule has 0 saturated carbocycles. The van der Waals surface area contributed by atoms with Crippen LogP contribution in [0.2, 0.25) is 10.0 Å². The molecule has 2 aliphatic rings. The second-order valence-electron chi connectivity index (χ2n) is 8.45. The Morgan fingerprint density at radius 1 is 1.03 bits per heavy atom. The molecule has 2 saturated heterocycles. The van der Waals surface area contributed by atoms with Gasteiger partial charge in [0.1, 0.15) is 0 Å². The van der Waals surface area contributed by atoms with Crippen molar-refractivity contribution in [1.29, 1.82) is 0 Å². The molecule has 1 aromatic carbocycles. The lowest BCUT2D eigenvalue weighted by molar-refractivity contribution is 0.0671. The van der Waals surface area contributed by atoms with Crippen LogP contribution in [0.15, 0.2) is 35.7 Å². The molecule has 1 N–H and O–H groups in total. The Labute approximate surface area is 203 Å². The number of benzene rings is 1. The second kappa shape index (κ2) is 10.3. The largest absolute Gasteiger partial charge is 0.371 e. The summed E-state index contributed by atoms with van der Waals surface area (Å²) in [5.74, 6) is 0.0957. The van der Waals surface area contributed by atoms with Crippen molar-refractivity contribution in [2.45, 2.75) is 37.8 Å². The summed E-state index contributed by atoms with van der Waals surface area (Å²) in [6.07, 6.45) is 3.35. The monoisotopic (exact) mass is 494 g/mol. The minimum atomic E-state index is -0.0303. The van der Waals surface area contributed by atoms with E-state index in [9.17, 15) is 9.59 Å². The SMILES string of the molecule is CN(C(=O)NC1CCN(c2cc(Cl)cc(Cl)c2)CC1)C1CCN(C(=O)c2cccs2)CC1. The quantitative estimate of drug-likeness (QED) is 0.652. The fourth-order valence-electron chi connectivity index (χ4n) is 4.46. The highest BCUT2D eigenvalue weighted by Crippen LogP contribution is 2.28. The van der Waals surface area contributed by atoms with E-state index in [2.05, 4.69) is 10.2 Å². The summed E-state index contributed by atoms with van der Waals surface area (Å²) in [4.78, 5) is 32.1. The lowest BCUT2D eigenvalue weighted by atomic mass is 10.0. The maximum absolute atomic E-state index is 12.8. The first-order chi connectivity index (χ1) is 15.4. The Hall–Kier alpha value is -1.96. The van der Waals surface area contributed by atoms with E-state index < -0.39 is 0 Å². The molecule has 0 bridgehead atoms. The van der Waals surface area contributed by atoms with Gasteiger partial charge in [-0.25, -0.2) is 4.79 Å². The van der Waals surface area contributed by atoms with Crippen LogP contribution in [-0.2, 0) is 0 Å². The first kappa shape index (κ1) is 23.2. The van der Waals surface area contributed by atoms with Gasteiger partial charge in [0.15, 0.2) is 0 Å². The molecule has 2 aliphatic heterocycles. The van der Waals surface area contributed by atoms with E-state index in [0.717, 1.165) is 49.3 Å². The predicted octanol–water partition coefficient (Wildman–Crippen LogP) is 4.97. The molecular weight excluding hydrogens is 467 g/mol. The molecule has 6 nitrogen and oxygen atoms in total. The summed E-state index contributed by atoms with van der Waals surface area (Å²) >= 11 is 13.7. The van der Waals surface area contributed by atoms with Crippen LogP contribution in [0.3, 0.4) is 0 Å². The molecule has 0 unspecified atom stereocenters. The van der Waals surface area contributed by atoms with E-state index in [1.165, 1.54) is 11.3 Å². The van der Waals surface area contributed by atoms with Crippen molar-refractivity contribution in [1.82, 2.24) is 15.1 Å². The third kappa shape index (κ3) is 5.50. The van der Waals surface area contributed by atoms with Gasteiger partial charge in [0.25, 0.3) is 5.91 Å². The highest BCUT2D eigenvalue weighted by atomic mass is 35.5. The summed E-state index contributed by atoms with van der Waals surface area (Å²) in [7, 11) is 1.86. The van der Waals surface area contributed by atoms with Crippen LogP contribution < -0.4 is 10.2 Å². The van der Waals surface area contributed by atoms with Crippen LogP contribution in [0, 0.1) is 0 Å². The Kier molecular flexibility index (Phi) is 7.48. The van der Waals surface area contributed by atoms with Gasteiger partial charge in [-0.3, -0.25) is 4.79 Å². The molecule has 172 valence electrons. The van der Waals surface area contributed by atoms with Gasteiger partial charge in [-0.15, -0.1) is 11.3 Å². The molecule has 0 radical (unpaired) electrons. The van der Waals surface area contributed by atoms with Crippen molar-refractivity contribution in [2.75, 3.05) is 38.1 Å². The molecule has 9 heteroatoms. The van der Waals surface area contributed by atoms with E-state index in [0.29, 0.717) is 23.1 Å². The first-order valence-electron chi connectivity index (χ1n) is 11.0. The van der Waals surface area contributed by atoms with E-state index in [4.69, 9.17) is 23.2 Å². The minimum absolute atomic E-state index is 0.0303. The Morgan fingerprint density at radius 2 is 1.69 bits per heavy atom. The molecule has 4 rings (SSSR count). The van der Waals surface area contributed by atoms with Gasteiger partial charge in [0, 0.05) is 61.0 Å². The van der Waals surface area contributed by atoms with Gasteiger partial charge in [-0.05, 0) is 55.3 Å². The number of carbonyl (C=O) groups is 2. The number of urea groups is 1. The number of nitrogens with one attached hydrogen (secondary N) is 1. The summed E-state index contributed by atoms with van der Waals surface area (Å²) in [6, 6.07) is 9.62. The third-order valence-electron chi connectivity index (χ3n) is 6.39. The highest BCUT2D eigenvalue weighted by Gasteiger charge is 2.30. The molecule has 32 heavy (non-hydrogen) atoms. The van der Waals surface area contributed by atoms with Gasteiger partial charge in [-0.1, -0.05) is 29.3 Å². The van der Waals surface area contributed by atoms with Crippen molar-refractivity contribution >= 4 is 52.2 Å². The zero-order valence-corrected chi connectivity index (χ0v) is 20.4. The topological polar surface area (TPSA) is 55.9 Å². The lowest BCUT2D eigenvalue weighted by Crippen LogP contribution is -2.53. The summed E-state index contributed by atoms with van der Waals surface area (Å²) in [5, 5.41) is 6.38. The number of anilines is 1. The van der Waals surface area contributed by atoms with E-state index in [-0.39, 0.29) is 24.0 Å².